The molecule has 2 rings (SSSR count). The average molecular weight is 328 g/mol. The largest absolute Gasteiger partial charge is 0.497 e. The van der Waals surface area contributed by atoms with Crippen LogP contribution in [0.5, 0.6) is 5.75 Å². The van der Waals surface area contributed by atoms with Crippen LogP contribution in [0.4, 0.5) is 14.5 Å². The molecule has 0 atom stereocenters. The Labute approximate surface area is 132 Å². The molecule has 6 heteroatoms. The van der Waals surface area contributed by atoms with Crippen LogP contribution in [0.1, 0.15) is 11.1 Å². The topological polar surface area (TPSA) is 41.5 Å². The van der Waals surface area contributed by atoms with Gasteiger partial charge in [0.15, 0.2) is 0 Å². The standard InChI is InChI=1S/C16H16ClF2NO2/c1-22-15-6-4-14(5-7-15)20-16(18,19)9-11-2-3-13(17)8-12(11)10-21/h2-8,20-21H,9-10H2,1H3. The third-order valence-corrected chi connectivity index (χ3v) is 3.40. The number of hydrogen-bond donors (Lipinski definition) is 2. The molecular formula is C16H16ClF2NO2. The first-order chi connectivity index (χ1) is 10.4. The van der Waals surface area contributed by atoms with Crippen molar-refractivity contribution in [3.8, 4) is 5.75 Å². The van der Waals surface area contributed by atoms with Crippen molar-refractivity contribution < 1.29 is 18.6 Å². The minimum atomic E-state index is -3.16. The van der Waals surface area contributed by atoms with Crippen molar-refractivity contribution in [2.75, 3.05) is 12.4 Å². The van der Waals surface area contributed by atoms with Crippen molar-refractivity contribution in [3.05, 3.63) is 58.6 Å². The molecule has 118 valence electrons. The summed E-state index contributed by atoms with van der Waals surface area (Å²) in [6.45, 7) is -0.339. The molecule has 0 saturated heterocycles. The first-order valence-corrected chi connectivity index (χ1v) is 6.99. The van der Waals surface area contributed by atoms with Crippen molar-refractivity contribution in [1.82, 2.24) is 0 Å². The fourth-order valence-corrected chi connectivity index (χ4v) is 2.28. The van der Waals surface area contributed by atoms with E-state index in [4.69, 9.17) is 16.3 Å². The normalized spacial score (nSPS) is 11.3. The third kappa shape index (κ3) is 4.32. The summed E-state index contributed by atoms with van der Waals surface area (Å²) < 4.78 is 33.3. The van der Waals surface area contributed by atoms with Crippen LogP contribution in [0.2, 0.25) is 5.02 Å². The van der Waals surface area contributed by atoms with Crippen LogP contribution in [0.25, 0.3) is 0 Å². The summed E-state index contributed by atoms with van der Waals surface area (Å²) in [5, 5.41) is 11.8. The number of benzene rings is 2. The van der Waals surface area contributed by atoms with Crippen LogP contribution in [-0.4, -0.2) is 18.3 Å². The highest BCUT2D eigenvalue weighted by atomic mass is 35.5. The Bertz CT molecular complexity index is 633. The number of alkyl halides is 2. The maximum Gasteiger partial charge on any atom is 0.327 e. The molecule has 0 fully saturated rings. The van der Waals surface area contributed by atoms with Gasteiger partial charge in [-0.2, -0.15) is 8.78 Å². The van der Waals surface area contributed by atoms with Crippen molar-refractivity contribution in [3.63, 3.8) is 0 Å². The van der Waals surface area contributed by atoms with Crippen LogP contribution < -0.4 is 10.1 Å². The van der Waals surface area contributed by atoms with Crippen LogP contribution in [0.15, 0.2) is 42.5 Å². The summed E-state index contributed by atoms with van der Waals surface area (Å²) in [5.41, 5.74) is 1.02. The SMILES string of the molecule is COc1ccc(NC(F)(F)Cc2ccc(Cl)cc2CO)cc1. The second-order valence-corrected chi connectivity index (χ2v) is 5.24. The molecule has 0 saturated carbocycles. The lowest BCUT2D eigenvalue weighted by atomic mass is 10.0. The number of rotatable bonds is 6. The van der Waals surface area contributed by atoms with Crippen molar-refractivity contribution in [2.24, 2.45) is 0 Å². The molecule has 0 amide bonds. The molecule has 2 aromatic rings. The van der Waals surface area contributed by atoms with Gasteiger partial charge in [-0.3, -0.25) is 0 Å². The lowest BCUT2D eigenvalue weighted by Crippen LogP contribution is -2.30. The Morgan fingerprint density at radius 1 is 1.14 bits per heavy atom. The average Bonchev–Trinajstić information content (AvgIpc) is 2.49. The molecule has 0 aliphatic rings. The molecule has 0 unspecified atom stereocenters. The van der Waals surface area contributed by atoms with Crippen molar-refractivity contribution in [1.29, 1.82) is 0 Å². The number of hydrogen-bond acceptors (Lipinski definition) is 3. The van der Waals surface area contributed by atoms with E-state index >= 15 is 0 Å². The van der Waals surface area contributed by atoms with Gasteiger partial charge < -0.3 is 15.2 Å². The number of aliphatic hydroxyl groups excluding tert-OH is 1. The molecule has 0 aromatic heterocycles. The Balaban J connectivity index is 2.13. The van der Waals surface area contributed by atoms with Gasteiger partial charge in [-0.15, -0.1) is 0 Å². The van der Waals surface area contributed by atoms with Gasteiger partial charge in [0.2, 0.25) is 0 Å². The second-order valence-electron chi connectivity index (χ2n) is 4.81. The first kappa shape index (κ1) is 16.5. The molecule has 0 spiro atoms. The predicted molar refractivity (Wildman–Crippen MR) is 82.6 cm³/mol. The smallest absolute Gasteiger partial charge is 0.327 e. The molecule has 0 radical (unpaired) electrons. The van der Waals surface area contributed by atoms with E-state index in [0.717, 1.165) is 0 Å². The minimum Gasteiger partial charge on any atom is -0.497 e. The van der Waals surface area contributed by atoms with E-state index in [0.29, 0.717) is 21.9 Å². The van der Waals surface area contributed by atoms with Crippen LogP contribution >= 0.6 is 11.6 Å². The van der Waals surface area contributed by atoms with E-state index < -0.39 is 12.5 Å². The Morgan fingerprint density at radius 2 is 1.82 bits per heavy atom. The van der Waals surface area contributed by atoms with Gasteiger partial charge in [0.05, 0.1) is 20.1 Å². The highest BCUT2D eigenvalue weighted by Gasteiger charge is 2.30. The number of aliphatic hydroxyl groups is 1. The van der Waals surface area contributed by atoms with E-state index in [1.165, 1.54) is 37.4 Å². The summed E-state index contributed by atoms with van der Waals surface area (Å²) in [6, 6.07) is 7.58. The second kappa shape index (κ2) is 6.94. The summed E-state index contributed by atoms with van der Waals surface area (Å²) in [7, 11) is 1.51. The Kier molecular flexibility index (Phi) is 5.21. The van der Waals surface area contributed by atoms with Crippen molar-refractivity contribution in [2.45, 2.75) is 19.1 Å². The molecule has 0 heterocycles. The number of anilines is 1. The lowest BCUT2D eigenvalue weighted by Gasteiger charge is -2.20. The van der Waals surface area contributed by atoms with E-state index in [1.807, 2.05) is 0 Å². The third-order valence-electron chi connectivity index (χ3n) is 3.17. The summed E-state index contributed by atoms with van der Waals surface area (Å²) in [4.78, 5) is 0. The number of methoxy groups -OCH3 is 1. The van der Waals surface area contributed by atoms with Crippen LogP contribution in [-0.2, 0) is 13.0 Å². The zero-order valence-electron chi connectivity index (χ0n) is 11.9. The fourth-order valence-electron chi connectivity index (χ4n) is 2.08. The minimum absolute atomic E-state index is 0.283. The van der Waals surface area contributed by atoms with E-state index in [-0.39, 0.29) is 12.3 Å². The molecule has 2 N–H and O–H groups in total. The highest BCUT2D eigenvalue weighted by molar-refractivity contribution is 6.30. The van der Waals surface area contributed by atoms with Gasteiger partial charge in [-0.25, -0.2) is 0 Å². The Hall–Kier alpha value is -1.85. The zero-order chi connectivity index (χ0) is 16.2. The molecule has 2 aromatic carbocycles. The van der Waals surface area contributed by atoms with E-state index in [9.17, 15) is 13.9 Å². The van der Waals surface area contributed by atoms with Crippen LogP contribution in [0, 0.1) is 0 Å². The zero-order valence-corrected chi connectivity index (χ0v) is 12.7. The van der Waals surface area contributed by atoms with E-state index in [2.05, 4.69) is 5.32 Å². The fraction of sp³-hybridized carbons (Fsp3) is 0.250. The van der Waals surface area contributed by atoms with Crippen molar-refractivity contribution >= 4 is 17.3 Å². The lowest BCUT2D eigenvalue weighted by molar-refractivity contribution is 0.0327. The van der Waals surface area contributed by atoms with Gasteiger partial charge in [-0.05, 0) is 47.5 Å². The highest BCUT2D eigenvalue weighted by Crippen LogP contribution is 2.27. The molecular weight excluding hydrogens is 312 g/mol. The molecule has 0 aliphatic heterocycles. The molecule has 22 heavy (non-hydrogen) atoms. The first-order valence-electron chi connectivity index (χ1n) is 6.62. The van der Waals surface area contributed by atoms with E-state index in [1.54, 1.807) is 12.1 Å². The maximum absolute atomic E-state index is 14.1. The Morgan fingerprint density at radius 3 is 2.41 bits per heavy atom. The van der Waals surface area contributed by atoms with Gasteiger partial charge in [-0.1, -0.05) is 17.7 Å². The molecule has 3 nitrogen and oxygen atoms in total. The van der Waals surface area contributed by atoms with Gasteiger partial charge >= 0.3 is 6.05 Å². The van der Waals surface area contributed by atoms with Gasteiger partial charge in [0.1, 0.15) is 5.75 Å². The summed E-state index contributed by atoms with van der Waals surface area (Å²) >= 11 is 5.80. The van der Waals surface area contributed by atoms with Gasteiger partial charge in [0, 0.05) is 10.7 Å². The maximum atomic E-state index is 14.1. The monoisotopic (exact) mass is 327 g/mol. The number of ether oxygens (including phenoxy) is 1. The predicted octanol–water partition coefficient (Wildman–Crippen LogP) is 4.09. The number of nitrogens with one attached hydrogen (secondary N) is 1. The van der Waals surface area contributed by atoms with Crippen LogP contribution in [0.3, 0.4) is 0 Å². The van der Waals surface area contributed by atoms with Gasteiger partial charge in [0.25, 0.3) is 0 Å². The molecule has 0 bridgehead atoms. The number of halogens is 3. The quantitative estimate of drug-likeness (QED) is 0.785. The summed E-state index contributed by atoms with van der Waals surface area (Å²) in [6.07, 6.45) is -0.550. The summed E-state index contributed by atoms with van der Waals surface area (Å²) in [5.74, 6) is 0.592. The molecule has 0 aliphatic carbocycles.